The van der Waals surface area contributed by atoms with Gasteiger partial charge in [0.1, 0.15) is 11.6 Å². The molecule has 4 heteroatoms. The molecule has 0 aliphatic heterocycles. The minimum absolute atomic E-state index is 0.0112. The van der Waals surface area contributed by atoms with Crippen molar-refractivity contribution in [3.05, 3.63) is 94.6 Å². The first-order valence-electron chi connectivity index (χ1n) is 8.70. The summed E-state index contributed by atoms with van der Waals surface area (Å²) < 4.78 is 26.3. The lowest BCUT2D eigenvalue weighted by atomic mass is 9.93. The van der Waals surface area contributed by atoms with Gasteiger partial charge in [-0.05, 0) is 66.6 Å². The van der Waals surface area contributed by atoms with Crippen molar-refractivity contribution >= 4 is 0 Å². The van der Waals surface area contributed by atoms with E-state index in [2.05, 4.69) is 0 Å². The molecule has 0 saturated heterocycles. The summed E-state index contributed by atoms with van der Waals surface area (Å²) in [6.07, 6.45) is 6.07. The molecule has 0 fully saturated rings. The van der Waals surface area contributed by atoms with Gasteiger partial charge in [0.05, 0.1) is 0 Å². The highest BCUT2D eigenvalue weighted by Crippen LogP contribution is 2.21. The Kier molecular flexibility index (Phi) is 8.19. The Morgan fingerprint density at radius 2 is 1.31 bits per heavy atom. The van der Waals surface area contributed by atoms with Crippen LogP contribution in [0.1, 0.15) is 24.0 Å². The molecule has 0 atom stereocenters. The predicted molar refractivity (Wildman–Crippen MR) is 99.8 cm³/mol. The van der Waals surface area contributed by atoms with Crippen LogP contribution in [0.5, 0.6) is 0 Å². The number of benzene rings is 2. The van der Waals surface area contributed by atoms with E-state index >= 15 is 0 Å². The molecule has 2 N–H and O–H groups in total. The molecule has 0 radical (unpaired) electrons. The molecular weight excluding hydrogens is 334 g/mol. The Bertz CT molecular complexity index is 732. The maximum absolute atomic E-state index is 13.2. The molecule has 0 aliphatic carbocycles. The van der Waals surface area contributed by atoms with E-state index in [1.54, 1.807) is 24.3 Å². The number of hydrogen-bond acceptors (Lipinski definition) is 2. The topological polar surface area (TPSA) is 40.5 Å². The molecule has 0 heterocycles. The highest BCUT2D eigenvalue weighted by atomic mass is 19.1. The lowest BCUT2D eigenvalue weighted by Gasteiger charge is -2.13. The van der Waals surface area contributed by atoms with Crippen LogP contribution in [-0.4, -0.2) is 23.4 Å². The number of rotatable bonds is 9. The third-order valence-electron chi connectivity index (χ3n) is 4.12. The molecule has 2 rings (SSSR count). The standard InChI is InChI=1S/C22H24F2O2/c23-21-8-4-17(5-9-21)15-19(3-1-2-13-25)20(12-14-26)16-18-6-10-22(24)11-7-18/h1,3-11,25-26H,2,12-16H2/b3-1+,20-19+. The van der Waals surface area contributed by atoms with Crippen molar-refractivity contribution in [1.82, 2.24) is 0 Å². The summed E-state index contributed by atoms with van der Waals surface area (Å²) >= 11 is 0. The van der Waals surface area contributed by atoms with Gasteiger partial charge in [-0.3, -0.25) is 0 Å². The SMILES string of the molecule is OCC/C=C/C(Cc1ccc(F)cc1)=C(/CCO)Cc1ccc(F)cc1. The third kappa shape index (κ3) is 6.54. The van der Waals surface area contributed by atoms with E-state index in [-0.39, 0.29) is 24.8 Å². The van der Waals surface area contributed by atoms with Crippen LogP contribution >= 0.6 is 0 Å². The van der Waals surface area contributed by atoms with Gasteiger partial charge in [0.2, 0.25) is 0 Å². The average Bonchev–Trinajstić information content (AvgIpc) is 2.64. The van der Waals surface area contributed by atoms with Crippen molar-refractivity contribution in [1.29, 1.82) is 0 Å². The largest absolute Gasteiger partial charge is 0.396 e. The van der Waals surface area contributed by atoms with Crippen LogP contribution in [0.2, 0.25) is 0 Å². The number of aliphatic hydroxyl groups is 2. The zero-order valence-corrected chi connectivity index (χ0v) is 14.7. The molecule has 2 aromatic carbocycles. The third-order valence-corrected chi connectivity index (χ3v) is 4.12. The Labute approximate surface area is 153 Å². The zero-order chi connectivity index (χ0) is 18.8. The lowest BCUT2D eigenvalue weighted by molar-refractivity contribution is 0.298. The second kappa shape index (κ2) is 10.6. The maximum Gasteiger partial charge on any atom is 0.123 e. The summed E-state index contributed by atoms with van der Waals surface area (Å²) in [6, 6.07) is 12.7. The van der Waals surface area contributed by atoms with Crippen LogP contribution in [0, 0.1) is 11.6 Å². The summed E-state index contributed by atoms with van der Waals surface area (Å²) in [7, 11) is 0. The average molecular weight is 358 g/mol. The molecule has 2 nitrogen and oxygen atoms in total. The monoisotopic (exact) mass is 358 g/mol. The van der Waals surface area contributed by atoms with E-state index in [0.717, 1.165) is 22.3 Å². The molecule has 138 valence electrons. The minimum Gasteiger partial charge on any atom is -0.396 e. The van der Waals surface area contributed by atoms with Crippen molar-refractivity contribution in [3.63, 3.8) is 0 Å². The van der Waals surface area contributed by atoms with E-state index in [0.29, 0.717) is 25.7 Å². The summed E-state index contributed by atoms with van der Waals surface area (Å²) in [5.41, 5.74) is 3.98. The number of aliphatic hydroxyl groups excluding tert-OH is 2. The molecule has 0 bridgehead atoms. The first-order valence-corrected chi connectivity index (χ1v) is 8.70. The summed E-state index contributed by atoms with van der Waals surface area (Å²) in [6.45, 7) is 0.0743. The summed E-state index contributed by atoms with van der Waals surface area (Å²) in [4.78, 5) is 0. The fourth-order valence-corrected chi connectivity index (χ4v) is 2.77. The van der Waals surface area contributed by atoms with E-state index in [9.17, 15) is 13.9 Å². The van der Waals surface area contributed by atoms with Crippen molar-refractivity contribution in [2.75, 3.05) is 13.2 Å². The quantitative estimate of drug-likeness (QED) is 0.654. The highest BCUT2D eigenvalue weighted by molar-refractivity contribution is 5.36. The molecular formula is C22H24F2O2. The van der Waals surface area contributed by atoms with E-state index in [1.807, 2.05) is 12.2 Å². The molecule has 0 spiro atoms. The predicted octanol–water partition coefficient (Wildman–Crippen LogP) is 4.37. The molecule has 0 aliphatic rings. The van der Waals surface area contributed by atoms with Crippen molar-refractivity contribution < 1.29 is 19.0 Å². The highest BCUT2D eigenvalue weighted by Gasteiger charge is 2.08. The molecule has 2 aromatic rings. The van der Waals surface area contributed by atoms with Crippen LogP contribution < -0.4 is 0 Å². The normalized spacial score (nSPS) is 12.5. The fourth-order valence-electron chi connectivity index (χ4n) is 2.77. The summed E-state index contributed by atoms with van der Waals surface area (Å²) in [5.74, 6) is -0.562. The van der Waals surface area contributed by atoms with Crippen molar-refractivity contribution in [2.24, 2.45) is 0 Å². The Balaban J connectivity index is 2.33. The van der Waals surface area contributed by atoms with E-state index in [1.165, 1.54) is 24.3 Å². The van der Waals surface area contributed by atoms with Gasteiger partial charge in [-0.2, -0.15) is 0 Å². The van der Waals surface area contributed by atoms with Crippen LogP contribution in [0.25, 0.3) is 0 Å². The molecule has 0 unspecified atom stereocenters. The Hall–Kier alpha value is -2.30. The van der Waals surface area contributed by atoms with Gasteiger partial charge < -0.3 is 10.2 Å². The van der Waals surface area contributed by atoms with Crippen molar-refractivity contribution in [2.45, 2.75) is 25.7 Å². The molecule has 26 heavy (non-hydrogen) atoms. The first-order chi connectivity index (χ1) is 12.6. The smallest absolute Gasteiger partial charge is 0.123 e. The lowest BCUT2D eigenvalue weighted by Crippen LogP contribution is -2.02. The molecule has 0 amide bonds. The van der Waals surface area contributed by atoms with Gasteiger partial charge in [0.25, 0.3) is 0 Å². The Morgan fingerprint density at radius 3 is 1.81 bits per heavy atom. The zero-order valence-electron chi connectivity index (χ0n) is 14.7. The van der Waals surface area contributed by atoms with Crippen LogP contribution in [0.3, 0.4) is 0 Å². The second-order valence-corrected chi connectivity index (χ2v) is 6.12. The maximum atomic E-state index is 13.2. The van der Waals surface area contributed by atoms with E-state index < -0.39 is 0 Å². The van der Waals surface area contributed by atoms with Gasteiger partial charge in [0.15, 0.2) is 0 Å². The number of halogens is 2. The van der Waals surface area contributed by atoms with Crippen LogP contribution in [0.15, 0.2) is 71.8 Å². The Morgan fingerprint density at radius 1 is 0.769 bits per heavy atom. The van der Waals surface area contributed by atoms with Crippen LogP contribution in [0.4, 0.5) is 8.78 Å². The van der Waals surface area contributed by atoms with Gasteiger partial charge >= 0.3 is 0 Å². The summed E-state index contributed by atoms with van der Waals surface area (Å²) in [5, 5.41) is 18.5. The molecule has 0 saturated carbocycles. The number of hydrogen-bond donors (Lipinski definition) is 2. The number of allylic oxidation sites excluding steroid dienone is 2. The fraction of sp³-hybridized carbons (Fsp3) is 0.273. The molecule has 0 aromatic heterocycles. The first kappa shape index (κ1) is 20.0. The van der Waals surface area contributed by atoms with Gasteiger partial charge in [-0.25, -0.2) is 8.78 Å². The van der Waals surface area contributed by atoms with Gasteiger partial charge in [-0.15, -0.1) is 0 Å². The van der Waals surface area contributed by atoms with E-state index in [4.69, 9.17) is 5.11 Å². The second-order valence-electron chi connectivity index (χ2n) is 6.12. The van der Waals surface area contributed by atoms with Crippen molar-refractivity contribution in [3.8, 4) is 0 Å². The van der Waals surface area contributed by atoms with Gasteiger partial charge in [0, 0.05) is 13.2 Å². The van der Waals surface area contributed by atoms with Crippen LogP contribution in [-0.2, 0) is 12.8 Å². The minimum atomic E-state index is -0.282. The van der Waals surface area contributed by atoms with Gasteiger partial charge in [-0.1, -0.05) is 42.0 Å².